The molecule has 1 heterocycles. The van der Waals surface area contributed by atoms with Crippen molar-refractivity contribution < 1.29 is 14.3 Å². The minimum Gasteiger partial charge on any atom is -0.463 e. The minimum absolute atomic E-state index is 0.0861. The van der Waals surface area contributed by atoms with Crippen LogP contribution in [0, 0.1) is 5.41 Å². The maximum Gasteiger partial charge on any atom is 0.306 e. The summed E-state index contributed by atoms with van der Waals surface area (Å²) in [6, 6.07) is 0. The molecule has 0 aromatic rings. The Balaban J connectivity index is 1.64. The molecule has 1 aliphatic carbocycles. The van der Waals surface area contributed by atoms with Crippen LogP contribution in [0.1, 0.15) is 32.1 Å². The highest BCUT2D eigenvalue weighted by Crippen LogP contribution is 2.49. The van der Waals surface area contributed by atoms with Gasteiger partial charge in [-0.2, -0.15) is 12.6 Å². The van der Waals surface area contributed by atoms with Gasteiger partial charge in [0.2, 0.25) is 0 Å². The van der Waals surface area contributed by atoms with Crippen LogP contribution in [0.4, 0.5) is 0 Å². The number of rotatable bonds is 5. The summed E-state index contributed by atoms with van der Waals surface area (Å²) in [4.78, 5) is 11.5. The molecule has 15 heavy (non-hydrogen) atoms. The Bertz CT molecular complexity index is 232. The summed E-state index contributed by atoms with van der Waals surface area (Å²) in [5.74, 6) is 0.708. The Kier molecular flexibility index (Phi) is 3.57. The van der Waals surface area contributed by atoms with E-state index in [0.717, 1.165) is 38.0 Å². The van der Waals surface area contributed by atoms with Crippen LogP contribution in [0.5, 0.6) is 0 Å². The summed E-state index contributed by atoms with van der Waals surface area (Å²) in [5, 5.41) is 0. The molecular weight excluding hydrogens is 212 g/mol. The van der Waals surface area contributed by atoms with Crippen molar-refractivity contribution in [3.63, 3.8) is 0 Å². The number of esters is 1. The Morgan fingerprint density at radius 2 is 2.33 bits per heavy atom. The lowest BCUT2D eigenvalue weighted by Gasteiger charge is -2.13. The van der Waals surface area contributed by atoms with Crippen molar-refractivity contribution in [1.29, 1.82) is 0 Å². The second-order valence-electron chi connectivity index (χ2n) is 4.65. The van der Waals surface area contributed by atoms with Crippen molar-refractivity contribution in [2.45, 2.75) is 38.2 Å². The third kappa shape index (κ3) is 3.11. The summed E-state index contributed by atoms with van der Waals surface area (Å²) in [6.45, 7) is 1.24. The van der Waals surface area contributed by atoms with E-state index in [0.29, 0.717) is 13.0 Å². The average Bonchev–Trinajstić information content (AvgIpc) is 2.80. The second-order valence-corrected chi connectivity index (χ2v) is 4.97. The summed E-state index contributed by atoms with van der Waals surface area (Å²) in [6.07, 6.45) is 5.01. The van der Waals surface area contributed by atoms with Gasteiger partial charge in [-0.05, 0) is 36.9 Å². The molecule has 0 radical (unpaired) electrons. The molecule has 4 heteroatoms. The van der Waals surface area contributed by atoms with Gasteiger partial charge in [0.15, 0.2) is 0 Å². The van der Waals surface area contributed by atoms with Gasteiger partial charge in [0.25, 0.3) is 0 Å². The van der Waals surface area contributed by atoms with Gasteiger partial charge in [-0.1, -0.05) is 0 Å². The van der Waals surface area contributed by atoms with Gasteiger partial charge in [-0.3, -0.25) is 4.79 Å². The quantitative estimate of drug-likeness (QED) is 0.578. The van der Waals surface area contributed by atoms with E-state index in [-0.39, 0.29) is 17.5 Å². The van der Waals surface area contributed by atoms with E-state index < -0.39 is 0 Å². The second kappa shape index (κ2) is 4.74. The van der Waals surface area contributed by atoms with E-state index in [4.69, 9.17) is 9.47 Å². The Labute approximate surface area is 95.9 Å². The molecule has 0 spiro atoms. The van der Waals surface area contributed by atoms with Crippen molar-refractivity contribution in [1.82, 2.24) is 0 Å². The van der Waals surface area contributed by atoms with E-state index in [9.17, 15) is 4.79 Å². The van der Waals surface area contributed by atoms with Crippen molar-refractivity contribution in [3.8, 4) is 0 Å². The van der Waals surface area contributed by atoms with Crippen LogP contribution in [0.2, 0.25) is 0 Å². The smallest absolute Gasteiger partial charge is 0.306 e. The van der Waals surface area contributed by atoms with Gasteiger partial charge in [0, 0.05) is 6.61 Å². The fraction of sp³-hybridized carbons (Fsp3) is 0.909. The number of hydrogen-bond acceptors (Lipinski definition) is 4. The highest BCUT2D eigenvalue weighted by molar-refractivity contribution is 7.80. The third-order valence-corrected chi connectivity index (χ3v) is 3.94. The van der Waals surface area contributed by atoms with Gasteiger partial charge in [0.05, 0.1) is 12.5 Å². The molecule has 3 nitrogen and oxygen atoms in total. The average molecular weight is 230 g/mol. The molecule has 0 N–H and O–H groups in total. The first-order chi connectivity index (χ1) is 7.24. The predicted octanol–water partition coefficient (Wildman–Crippen LogP) is 1.81. The fourth-order valence-electron chi connectivity index (χ4n) is 1.89. The topological polar surface area (TPSA) is 35.5 Å². The zero-order valence-electron chi connectivity index (χ0n) is 8.91. The summed E-state index contributed by atoms with van der Waals surface area (Å²) in [7, 11) is 0. The SMILES string of the molecule is O=C(CC1(CS)CC1)OCC1CCCO1. The molecule has 2 aliphatic rings. The normalized spacial score (nSPS) is 27.7. The number of carbonyl (C=O) groups excluding carboxylic acids is 1. The van der Waals surface area contributed by atoms with Crippen LogP contribution >= 0.6 is 12.6 Å². The first kappa shape index (κ1) is 11.3. The van der Waals surface area contributed by atoms with E-state index in [2.05, 4.69) is 12.6 Å². The molecule has 0 amide bonds. The van der Waals surface area contributed by atoms with Crippen molar-refractivity contribution in [3.05, 3.63) is 0 Å². The molecule has 1 saturated heterocycles. The number of ether oxygens (including phenoxy) is 2. The number of thiol groups is 1. The highest BCUT2D eigenvalue weighted by atomic mass is 32.1. The van der Waals surface area contributed by atoms with Crippen molar-refractivity contribution >= 4 is 18.6 Å². The van der Waals surface area contributed by atoms with Crippen LogP contribution < -0.4 is 0 Å². The first-order valence-electron chi connectivity index (χ1n) is 5.62. The highest BCUT2D eigenvalue weighted by Gasteiger charge is 2.43. The molecule has 1 unspecified atom stereocenters. The van der Waals surface area contributed by atoms with Gasteiger partial charge in [-0.25, -0.2) is 0 Å². The summed E-state index contributed by atoms with van der Waals surface area (Å²) in [5.41, 5.74) is 0.163. The largest absolute Gasteiger partial charge is 0.463 e. The Hall–Kier alpha value is -0.220. The lowest BCUT2D eigenvalue weighted by atomic mass is 10.1. The van der Waals surface area contributed by atoms with Crippen LogP contribution in [-0.4, -0.2) is 31.0 Å². The molecule has 2 fully saturated rings. The van der Waals surface area contributed by atoms with E-state index in [1.807, 2.05) is 0 Å². The summed E-state index contributed by atoms with van der Waals surface area (Å²) < 4.78 is 10.6. The molecule has 1 saturated carbocycles. The van der Waals surface area contributed by atoms with Crippen LogP contribution in [0.25, 0.3) is 0 Å². The maximum atomic E-state index is 11.5. The van der Waals surface area contributed by atoms with E-state index in [1.165, 1.54) is 0 Å². The molecule has 2 rings (SSSR count). The van der Waals surface area contributed by atoms with E-state index in [1.54, 1.807) is 0 Å². The van der Waals surface area contributed by atoms with Gasteiger partial charge in [-0.15, -0.1) is 0 Å². The molecule has 86 valence electrons. The van der Waals surface area contributed by atoms with Crippen LogP contribution in [0.3, 0.4) is 0 Å². The van der Waals surface area contributed by atoms with Gasteiger partial charge < -0.3 is 9.47 Å². The first-order valence-corrected chi connectivity index (χ1v) is 6.25. The van der Waals surface area contributed by atoms with E-state index >= 15 is 0 Å². The molecule has 0 aromatic carbocycles. The Morgan fingerprint density at radius 3 is 2.87 bits per heavy atom. The van der Waals surface area contributed by atoms with Gasteiger partial charge >= 0.3 is 5.97 Å². The lowest BCUT2D eigenvalue weighted by molar-refractivity contribution is -0.148. The van der Waals surface area contributed by atoms with Gasteiger partial charge in [0.1, 0.15) is 6.61 Å². The Morgan fingerprint density at radius 1 is 1.53 bits per heavy atom. The zero-order valence-corrected chi connectivity index (χ0v) is 9.80. The van der Waals surface area contributed by atoms with Crippen molar-refractivity contribution in [2.24, 2.45) is 5.41 Å². The fourth-order valence-corrected chi connectivity index (χ4v) is 2.31. The molecular formula is C11H18O3S. The van der Waals surface area contributed by atoms with Crippen LogP contribution in [-0.2, 0) is 14.3 Å². The number of hydrogen-bond donors (Lipinski definition) is 1. The lowest BCUT2D eigenvalue weighted by Crippen LogP contribution is -2.20. The summed E-state index contributed by atoms with van der Waals surface area (Å²) >= 11 is 4.26. The third-order valence-electron chi connectivity index (χ3n) is 3.27. The maximum absolute atomic E-state index is 11.5. The number of carbonyl (C=O) groups is 1. The molecule has 0 bridgehead atoms. The van der Waals surface area contributed by atoms with Crippen LogP contribution in [0.15, 0.2) is 0 Å². The molecule has 1 atom stereocenters. The molecule has 0 aromatic heterocycles. The standard InChI is InChI=1S/C11H18O3S/c12-10(6-11(8-15)3-4-11)14-7-9-2-1-5-13-9/h9,15H,1-8H2. The predicted molar refractivity (Wildman–Crippen MR) is 60.1 cm³/mol. The zero-order chi connectivity index (χ0) is 10.7. The monoisotopic (exact) mass is 230 g/mol. The molecule has 1 aliphatic heterocycles. The van der Waals surface area contributed by atoms with Crippen molar-refractivity contribution in [2.75, 3.05) is 19.0 Å². The minimum atomic E-state index is -0.0861.